The van der Waals surface area contributed by atoms with E-state index in [1.807, 2.05) is 11.6 Å². The van der Waals surface area contributed by atoms with Crippen LogP contribution in [0.4, 0.5) is 0 Å². The largest absolute Gasteiger partial charge is 0.256 e. The number of rotatable bonds is 1. The highest BCUT2D eigenvalue weighted by Crippen LogP contribution is 2.15. The molecule has 0 N–H and O–H groups in total. The quantitative estimate of drug-likeness (QED) is 0.641. The third kappa shape index (κ3) is 1.40. The maximum Gasteiger partial charge on any atom is 0.104 e. The summed E-state index contributed by atoms with van der Waals surface area (Å²) in [7, 11) is 0. The van der Waals surface area contributed by atoms with Gasteiger partial charge in [0, 0.05) is 5.69 Å². The number of hydrogen-bond acceptors (Lipinski definition) is 1. The number of aryl methyl sites for hydroxylation is 2. The third-order valence-corrected chi connectivity index (χ3v) is 1.77. The van der Waals surface area contributed by atoms with E-state index < -0.39 is 0 Å². The van der Waals surface area contributed by atoms with Crippen molar-refractivity contribution >= 4 is 15.9 Å². The normalized spacial score (nSPS) is 13.6. The zero-order chi connectivity index (χ0) is 7.72. The van der Waals surface area contributed by atoms with Crippen molar-refractivity contribution in [3.63, 3.8) is 0 Å². The van der Waals surface area contributed by atoms with Gasteiger partial charge in [-0.25, -0.2) is 0 Å². The van der Waals surface area contributed by atoms with Gasteiger partial charge < -0.3 is 0 Å². The highest BCUT2D eigenvalue weighted by molar-refractivity contribution is 9.09. The molecule has 0 spiro atoms. The maximum absolute atomic E-state index is 4.28. The topological polar surface area (TPSA) is 17.8 Å². The summed E-state index contributed by atoms with van der Waals surface area (Å²) in [6, 6.07) is 2.07. The van der Waals surface area contributed by atoms with Crippen molar-refractivity contribution in [2.45, 2.75) is 25.7 Å². The first-order valence-corrected chi connectivity index (χ1v) is 4.19. The molecule has 0 fully saturated rings. The van der Waals surface area contributed by atoms with Gasteiger partial charge >= 0.3 is 0 Å². The van der Waals surface area contributed by atoms with Crippen molar-refractivity contribution in [2.75, 3.05) is 0 Å². The average molecular weight is 203 g/mol. The van der Waals surface area contributed by atoms with E-state index in [2.05, 4.69) is 40.9 Å². The summed E-state index contributed by atoms with van der Waals surface area (Å²) in [4.78, 5) is 0.293. The molecule has 1 heterocycles. The fourth-order valence-corrected chi connectivity index (χ4v) is 1.42. The molecule has 0 saturated heterocycles. The predicted octanol–water partition coefficient (Wildman–Crippen LogP) is 2.41. The average Bonchev–Trinajstić information content (AvgIpc) is 2.10. The Bertz CT molecular complexity index is 228. The second-order valence-corrected chi connectivity index (χ2v) is 3.77. The molecule has 0 saturated carbocycles. The van der Waals surface area contributed by atoms with Crippen LogP contribution in [0.25, 0.3) is 0 Å². The van der Waals surface area contributed by atoms with Gasteiger partial charge in [0.15, 0.2) is 0 Å². The van der Waals surface area contributed by atoms with Gasteiger partial charge in [-0.15, -0.1) is 0 Å². The summed E-state index contributed by atoms with van der Waals surface area (Å²) in [5.41, 5.74) is 2.27. The third-order valence-electron chi connectivity index (χ3n) is 1.38. The van der Waals surface area contributed by atoms with E-state index in [9.17, 15) is 0 Å². The number of nitrogens with zero attached hydrogens (tertiary/aromatic N) is 2. The van der Waals surface area contributed by atoms with Crippen LogP contribution >= 0.6 is 15.9 Å². The molecule has 0 aromatic carbocycles. The van der Waals surface area contributed by atoms with E-state index in [-0.39, 0.29) is 0 Å². The molecule has 1 rings (SSSR count). The smallest absolute Gasteiger partial charge is 0.104 e. The summed E-state index contributed by atoms with van der Waals surface area (Å²) in [5, 5.41) is 4.28. The Kier molecular flexibility index (Phi) is 2.14. The lowest BCUT2D eigenvalue weighted by Crippen LogP contribution is -2.01. The standard InChI is InChI=1S/C7H11BrN2/c1-5-4-6(2)10(9-5)7(3)8/h4,7H,1-3H3. The van der Waals surface area contributed by atoms with Crippen molar-refractivity contribution in [1.82, 2.24) is 9.78 Å². The molecule has 3 heteroatoms. The van der Waals surface area contributed by atoms with Crippen LogP contribution in [0.2, 0.25) is 0 Å². The van der Waals surface area contributed by atoms with Crippen LogP contribution < -0.4 is 0 Å². The molecule has 10 heavy (non-hydrogen) atoms. The second kappa shape index (κ2) is 2.74. The Morgan fingerprint density at radius 1 is 1.60 bits per heavy atom. The first-order valence-electron chi connectivity index (χ1n) is 3.28. The van der Waals surface area contributed by atoms with Crippen LogP contribution in [-0.4, -0.2) is 9.78 Å². The molecular weight excluding hydrogens is 192 g/mol. The first-order chi connectivity index (χ1) is 4.61. The van der Waals surface area contributed by atoms with E-state index in [0.29, 0.717) is 4.95 Å². The lowest BCUT2D eigenvalue weighted by Gasteiger charge is -2.04. The van der Waals surface area contributed by atoms with Crippen LogP contribution in [0, 0.1) is 13.8 Å². The summed E-state index contributed by atoms with van der Waals surface area (Å²) >= 11 is 3.45. The summed E-state index contributed by atoms with van der Waals surface area (Å²) in [5.74, 6) is 0. The summed E-state index contributed by atoms with van der Waals surface area (Å²) < 4.78 is 1.95. The first kappa shape index (κ1) is 7.79. The number of alkyl halides is 1. The van der Waals surface area contributed by atoms with Gasteiger partial charge in [-0.05, 0) is 26.8 Å². The van der Waals surface area contributed by atoms with Gasteiger partial charge in [0.1, 0.15) is 4.95 Å². The van der Waals surface area contributed by atoms with Crippen LogP contribution in [-0.2, 0) is 0 Å². The van der Waals surface area contributed by atoms with Crippen molar-refractivity contribution in [2.24, 2.45) is 0 Å². The van der Waals surface area contributed by atoms with Gasteiger partial charge in [-0.1, -0.05) is 15.9 Å². The minimum Gasteiger partial charge on any atom is -0.256 e. The van der Waals surface area contributed by atoms with Crippen molar-refractivity contribution in [1.29, 1.82) is 0 Å². The fourth-order valence-electron chi connectivity index (χ4n) is 1.01. The highest BCUT2D eigenvalue weighted by Gasteiger charge is 2.03. The SMILES string of the molecule is Cc1cc(C)n(C(C)Br)n1. The Hall–Kier alpha value is -0.310. The molecule has 0 aliphatic heterocycles. The number of hydrogen-bond donors (Lipinski definition) is 0. The summed E-state index contributed by atoms with van der Waals surface area (Å²) in [6.07, 6.45) is 0. The lowest BCUT2D eigenvalue weighted by atomic mass is 10.4. The highest BCUT2D eigenvalue weighted by atomic mass is 79.9. The maximum atomic E-state index is 4.28. The predicted molar refractivity (Wildman–Crippen MR) is 45.3 cm³/mol. The Morgan fingerprint density at radius 3 is 2.40 bits per heavy atom. The molecule has 1 atom stereocenters. The van der Waals surface area contributed by atoms with Gasteiger partial charge in [0.2, 0.25) is 0 Å². The van der Waals surface area contributed by atoms with E-state index in [4.69, 9.17) is 0 Å². The molecule has 1 aromatic heterocycles. The Labute approximate surface area is 69.4 Å². The van der Waals surface area contributed by atoms with Crippen LogP contribution in [0.5, 0.6) is 0 Å². The monoisotopic (exact) mass is 202 g/mol. The molecule has 1 aromatic rings. The van der Waals surface area contributed by atoms with E-state index in [0.717, 1.165) is 5.69 Å². The molecule has 56 valence electrons. The molecule has 2 nitrogen and oxygen atoms in total. The molecule has 0 radical (unpaired) electrons. The van der Waals surface area contributed by atoms with Crippen molar-refractivity contribution in [3.8, 4) is 0 Å². The van der Waals surface area contributed by atoms with Gasteiger partial charge in [0.25, 0.3) is 0 Å². The summed E-state index contributed by atoms with van der Waals surface area (Å²) in [6.45, 7) is 6.11. The Morgan fingerprint density at radius 2 is 2.20 bits per heavy atom. The van der Waals surface area contributed by atoms with Crippen molar-refractivity contribution < 1.29 is 0 Å². The molecule has 0 aliphatic carbocycles. The van der Waals surface area contributed by atoms with Crippen LogP contribution in [0.3, 0.4) is 0 Å². The molecule has 0 amide bonds. The van der Waals surface area contributed by atoms with Crippen LogP contribution in [0.15, 0.2) is 6.07 Å². The molecule has 1 unspecified atom stereocenters. The van der Waals surface area contributed by atoms with E-state index in [1.165, 1.54) is 5.69 Å². The van der Waals surface area contributed by atoms with Crippen LogP contribution in [0.1, 0.15) is 23.3 Å². The van der Waals surface area contributed by atoms with Gasteiger partial charge in [-0.3, -0.25) is 4.68 Å². The number of aromatic nitrogens is 2. The minimum atomic E-state index is 0.293. The minimum absolute atomic E-state index is 0.293. The molecule has 0 aliphatic rings. The fraction of sp³-hybridized carbons (Fsp3) is 0.571. The van der Waals surface area contributed by atoms with E-state index >= 15 is 0 Å². The van der Waals surface area contributed by atoms with E-state index in [1.54, 1.807) is 0 Å². The van der Waals surface area contributed by atoms with Gasteiger partial charge in [-0.2, -0.15) is 5.10 Å². The zero-order valence-electron chi connectivity index (χ0n) is 6.43. The van der Waals surface area contributed by atoms with Gasteiger partial charge in [0.05, 0.1) is 5.69 Å². The Balaban J connectivity index is 3.03. The number of halogens is 1. The van der Waals surface area contributed by atoms with Crippen molar-refractivity contribution in [3.05, 3.63) is 17.5 Å². The lowest BCUT2D eigenvalue weighted by molar-refractivity contribution is 0.628. The zero-order valence-corrected chi connectivity index (χ0v) is 8.01. The molecule has 0 bridgehead atoms. The molecular formula is C7H11BrN2. The second-order valence-electron chi connectivity index (χ2n) is 2.45.